The van der Waals surface area contributed by atoms with Gasteiger partial charge in [-0.15, -0.1) is 0 Å². The van der Waals surface area contributed by atoms with E-state index in [2.05, 4.69) is 0 Å². The molecule has 1 heterocycles. The summed E-state index contributed by atoms with van der Waals surface area (Å²) in [6, 6.07) is 6.17. The molecule has 1 N–H and O–H groups in total. The molecule has 1 fully saturated rings. The van der Waals surface area contributed by atoms with Gasteiger partial charge in [0.2, 0.25) is 11.5 Å². The number of ether oxygens (including phenoxy) is 6. The third-order valence-electron chi connectivity index (χ3n) is 5.94. The van der Waals surface area contributed by atoms with E-state index in [0.29, 0.717) is 47.5 Å². The van der Waals surface area contributed by atoms with Crippen molar-refractivity contribution in [2.75, 3.05) is 49.2 Å². The first-order chi connectivity index (χ1) is 15.9. The van der Waals surface area contributed by atoms with Gasteiger partial charge in [0, 0.05) is 12.1 Å². The van der Waals surface area contributed by atoms with Gasteiger partial charge in [-0.25, -0.2) is 0 Å². The van der Waals surface area contributed by atoms with Crippen LogP contribution in [0.2, 0.25) is 0 Å². The van der Waals surface area contributed by atoms with Crippen molar-refractivity contribution in [3.63, 3.8) is 0 Å². The lowest BCUT2D eigenvalue weighted by Gasteiger charge is -2.33. The highest BCUT2D eigenvalue weighted by atomic mass is 16.5. The number of hydrogen-bond donors (Lipinski definition) is 1. The van der Waals surface area contributed by atoms with Gasteiger partial charge in [-0.05, 0) is 42.7 Å². The largest absolute Gasteiger partial charge is 0.493 e. The molecule has 2 aromatic carbocycles. The van der Waals surface area contributed by atoms with Crippen LogP contribution in [0.4, 0.5) is 0 Å². The minimum atomic E-state index is -0.871. The van der Waals surface area contributed by atoms with Crippen molar-refractivity contribution in [2.45, 2.75) is 24.9 Å². The highest BCUT2D eigenvalue weighted by Gasteiger charge is 2.39. The lowest BCUT2D eigenvalue weighted by atomic mass is 9.94. The molecule has 2 aromatic rings. The quantitative estimate of drug-likeness (QED) is 0.571. The van der Waals surface area contributed by atoms with E-state index in [-0.39, 0.29) is 0 Å². The minimum Gasteiger partial charge on any atom is -0.493 e. The molecule has 0 aliphatic carbocycles. The maximum Gasteiger partial charge on any atom is 0.320 e. The maximum atomic E-state index is 12.1. The summed E-state index contributed by atoms with van der Waals surface area (Å²) in [6.07, 6.45) is 1.30. The number of carboxylic acid groups (broad SMARTS) is 1. The first kappa shape index (κ1) is 24.3. The second-order valence-electron chi connectivity index (χ2n) is 7.52. The molecule has 2 atom stereocenters. The van der Waals surface area contributed by atoms with E-state index in [1.54, 1.807) is 34.5 Å². The third-order valence-corrected chi connectivity index (χ3v) is 5.94. The summed E-state index contributed by atoms with van der Waals surface area (Å²) in [6.45, 7) is 0.593. The molecule has 0 bridgehead atoms. The van der Waals surface area contributed by atoms with Crippen molar-refractivity contribution in [1.29, 1.82) is 0 Å². The number of likely N-dealkylation sites (tertiary alicyclic amines) is 1. The Morgan fingerprint density at radius 1 is 0.848 bits per heavy atom. The Morgan fingerprint density at radius 2 is 1.42 bits per heavy atom. The number of nitrogens with zero attached hydrogens (tertiary/aromatic N) is 1. The molecule has 33 heavy (non-hydrogen) atoms. The van der Waals surface area contributed by atoms with Crippen molar-refractivity contribution >= 4 is 5.97 Å². The van der Waals surface area contributed by atoms with Crippen LogP contribution in [0.1, 0.15) is 30.0 Å². The highest BCUT2D eigenvalue weighted by Crippen LogP contribution is 2.49. The number of benzene rings is 2. The number of aliphatic carboxylic acids is 1. The lowest BCUT2D eigenvalue weighted by molar-refractivity contribution is -0.142. The van der Waals surface area contributed by atoms with Crippen LogP contribution < -0.4 is 28.4 Å². The molecule has 1 aliphatic rings. The first-order valence-electron chi connectivity index (χ1n) is 10.5. The summed E-state index contributed by atoms with van der Waals surface area (Å²) in [7, 11) is 9.26. The van der Waals surface area contributed by atoms with Gasteiger partial charge < -0.3 is 33.5 Å². The Hall–Kier alpha value is -3.33. The van der Waals surface area contributed by atoms with Crippen LogP contribution in [0.5, 0.6) is 34.5 Å². The summed E-state index contributed by atoms with van der Waals surface area (Å²) >= 11 is 0. The predicted molar refractivity (Wildman–Crippen MR) is 121 cm³/mol. The van der Waals surface area contributed by atoms with Gasteiger partial charge in [-0.3, -0.25) is 9.69 Å². The molecule has 0 radical (unpaired) electrons. The van der Waals surface area contributed by atoms with Crippen molar-refractivity contribution in [1.82, 2.24) is 4.90 Å². The average Bonchev–Trinajstić information content (AvgIpc) is 3.32. The van der Waals surface area contributed by atoms with Gasteiger partial charge in [0.25, 0.3) is 0 Å². The van der Waals surface area contributed by atoms with Gasteiger partial charge in [-0.2, -0.15) is 0 Å². The Bertz CT molecular complexity index is 968. The Morgan fingerprint density at radius 3 is 1.91 bits per heavy atom. The smallest absolute Gasteiger partial charge is 0.320 e. The average molecular weight is 462 g/mol. The molecule has 9 nitrogen and oxygen atoms in total. The van der Waals surface area contributed by atoms with E-state index in [0.717, 1.165) is 17.5 Å². The van der Waals surface area contributed by atoms with E-state index in [4.69, 9.17) is 28.4 Å². The van der Waals surface area contributed by atoms with Crippen molar-refractivity contribution < 1.29 is 38.3 Å². The molecule has 0 spiro atoms. The standard InChI is InChI=1S/C24H31NO8/c1-28-17-10-9-15(21(31-4)23(17)33-6)20(25-11-7-8-16(25)24(26)27)14-12-18(29-2)22(32-5)19(13-14)30-3/h9-10,12-13,16,20H,7-8,11H2,1-6H3,(H,26,27). The SMILES string of the molecule is COc1cc(C(c2ccc(OC)c(OC)c2OC)N2CCCC2C(=O)O)cc(OC)c1OC. The van der Waals surface area contributed by atoms with E-state index >= 15 is 0 Å². The summed E-state index contributed by atoms with van der Waals surface area (Å²) < 4.78 is 33.4. The molecular formula is C24H31NO8. The van der Waals surface area contributed by atoms with Crippen LogP contribution in [-0.4, -0.2) is 71.2 Å². The minimum absolute atomic E-state index is 0.431. The van der Waals surface area contributed by atoms with E-state index in [1.807, 2.05) is 23.1 Å². The third kappa shape index (κ3) is 4.45. The Labute approximate surface area is 193 Å². The van der Waals surface area contributed by atoms with E-state index in [9.17, 15) is 9.90 Å². The fourth-order valence-electron chi connectivity index (χ4n) is 4.51. The van der Waals surface area contributed by atoms with E-state index < -0.39 is 18.1 Å². The molecule has 2 unspecified atom stereocenters. The second-order valence-corrected chi connectivity index (χ2v) is 7.52. The van der Waals surface area contributed by atoms with Gasteiger partial charge >= 0.3 is 5.97 Å². The summed E-state index contributed by atoms with van der Waals surface area (Å²) in [5, 5.41) is 9.93. The molecule has 0 saturated carbocycles. The number of rotatable bonds is 10. The number of methoxy groups -OCH3 is 6. The lowest BCUT2D eigenvalue weighted by Crippen LogP contribution is -2.39. The maximum absolute atomic E-state index is 12.1. The van der Waals surface area contributed by atoms with Crippen molar-refractivity contribution in [3.05, 3.63) is 35.4 Å². The molecular weight excluding hydrogens is 430 g/mol. The van der Waals surface area contributed by atoms with Gasteiger partial charge in [-0.1, -0.05) is 0 Å². The van der Waals surface area contributed by atoms with Gasteiger partial charge in [0.15, 0.2) is 23.0 Å². The van der Waals surface area contributed by atoms with Crippen molar-refractivity contribution in [3.8, 4) is 34.5 Å². The van der Waals surface area contributed by atoms with Crippen LogP contribution in [0.15, 0.2) is 24.3 Å². The highest BCUT2D eigenvalue weighted by molar-refractivity contribution is 5.74. The summed E-state index contributed by atoms with van der Waals surface area (Å²) in [5.41, 5.74) is 1.50. The fourth-order valence-corrected chi connectivity index (χ4v) is 4.51. The van der Waals surface area contributed by atoms with Gasteiger partial charge in [0.1, 0.15) is 6.04 Å². The molecule has 1 saturated heterocycles. The predicted octanol–water partition coefficient (Wildman–Crippen LogP) is 3.38. The van der Waals surface area contributed by atoms with Crippen LogP contribution in [0.3, 0.4) is 0 Å². The first-order valence-corrected chi connectivity index (χ1v) is 10.5. The zero-order valence-electron chi connectivity index (χ0n) is 19.8. The van der Waals surface area contributed by atoms with Crippen LogP contribution >= 0.6 is 0 Å². The molecule has 9 heteroatoms. The number of hydrogen-bond acceptors (Lipinski definition) is 8. The number of carboxylic acids is 1. The Balaban J connectivity index is 2.31. The van der Waals surface area contributed by atoms with Crippen LogP contribution in [-0.2, 0) is 4.79 Å². The van der Waals surface area contributed by atoms with E-state index in [1.165, 1.54) is 14.2 Å². The molecule has 0 aromatic heterocycles. The summed E-state index contributed by atoms with van der Waals surface area (Å²) in [5.74, 6) is 1.94. The molecule has 1 aliphatic heterocycles. The summed E-state index contributed by atoms with van der Waals surface area (Å²) in [4.78, 5) is 14.1. The van der Waals surface area contributed by atoms with Crippen LogP contribution in [0, 0.1) is 0 Å². The monoisotopic (exact) mass is 461 g/mol. The van der Waals surface area contributed by atoms with Gasteiger partial charge in [0.05, 0.1) is 48.7 Å². The normalized spacial score (nSPS) is 16.7. The number of carbonyl (C=O) groups is 1. The zero-order valence-corrected chi connectivity index (χ0v) is 19.8. The zero-order chi connectivity index (χ0) is 24.1. The second kappa shape index (κ2) is 10.5. The Kier molecular flexibility index (Phi) is 7.75. The van der Waals surface area contributed by atoms with Crippen LogP contribution in [0.25, 0.3) is 0 Å². The van der Waals surface area contributed by atoms with Crippen molar-refractivity contribution in [2.24, 2.45) is 0 Å². The fraction of sp³-hybridized carbons (Fsp3) is 0.458. The molecule has 0 amide bonds. The molecule has 180 valence electrons. The molecule has 3 rings (SSSR count). The topological polar surface area (TPSA) is 95.9 Å².